The maximum atomic E-state index is 15.6. The fourth-order valence-electron chi connectivity index (χ4n) is 5.01. The normalized spacial score (nSPS) is 16.6. The highest BCUT2D eigenvalue weighted by Crippen LogP contribution is 2.55. The lowest BCUT2D eigenvalue weighted by Gasteiger charge is -2.20. The average molecular weight is 517 g/mol. The van der Waals surface area contributed by atoms with Crippen LogP contribution in [0.2, 0.25) is 0 Å². The molecule has 5 rings (SSSR count). The number of aromatic carboxylic acids is 1. The van der Waals surface area contributed by atoms with E-state index in [1.165, 1.54) is 17.2 Å². The monoisotopic (exact) mass is 516 g/mol. The van der Waals surface area contributed by atoms with E-state index in [1.807, 2.05) is 20.0 Å². The molecule has 0 spiro atoms. The minimum absolute atomic E-state index is 0.00814. The van der Waals surface area contributed by atoms with Gasteiger partial charge < -0.3 is 10.0 Å². The van der Waals surface area contributed by atoms with Crippen molar-refractivity contribution >= 4 is 11.9 Å². The lowest BCUT2D eigenvalue weighted by Crippen LogP contribution is -2.31. The summed E-state index contributed by atoms with van der Waals surface area (Å²) in [6.07, 6.45) is 3.91. The first-order valence-corrected chi connectivity index (χ1v) is 12.5. The number of hydrogen-bond acceptors (Lipinski definition) is 5. The Balaban J connectivity index is 1.51. The van der Waals surface area contributed by atoms with Crippen LogP contribution in [0.15, 0.2) is 54.9 Å². The van der Waals surface area contributed by atoms with E-state index in [1.54, 1.807) is 59.9 Å². The molecule has 1 aliphatic rings. The number of hydrogen-bond donors (Lipinski definition) is 1. The molecule has 0 aliphatic heterocycles. The Morgan fingerprint density at radius 2 is 1.92 bits per heavy atom. The number of aromatic nitrogens is 5. The molecule has 4 aromatic rings. The molecule has 0 unspecified atom stereocenters. The van der Waals surface area contributed by atoms with Crippen molar-refractivity contribution in [1.82, 2.24) is 29.7 Å². The molecule has 0 radical (unpaired) electrons. The summed E-state index contributed by atoms with van der Waals surface area (Å²) in [5, 5.41) is 22.4. The van der Waals surface area contributed by atoms with E-state index >= 15 is 4.39 Å². The Hall–Kier alpha value is -4.34. The molecule has 0 bridgehead atoms. The summed E-state index contributed by atoms with van der Waals surface area (Å²) in [7, 11) is 3.46. The number of amides is 1. The SMILES string of the molecule is CC(C)CN(C)C(=O)c1cccc(-c2cccc(-n3ncc(C(=O)O)c3[C@@H]3C[C@H]3c3cn(C)nn3)c2)c1F. The predicted molar refractivity (Wildman–Crippen MR) is 139 cm³/mol. The quantitative estimate of drug-likeness (QED) is 0.370. The smallest absolute Gasteiger partial charge is 0.339 e. The van der Waals surface area contributed by atoms with Gasteiger partial charge in [-0.3, -0.25) is 9.48 Å². The summed E-state index contributed by atoms with van der Waals surface area (Å²) < 4.78 is 18.9. The van der Waals surface area contributed by atoms with Gasteiger partial charge in [0, 0.05) is 44.2 Å². The summed E-state index contributed by atoms with van der Waals surface area (Å²) >= 11 is 0. The van der Waals surface area contributed by atoms with Gasteiger partial charge >= 0.3 is 5.97 Å². The van der Waals surface area contributed by atoms with Crippen molar-refractivity contribution < 1.29 is 19.1 Å². The van der Waals surface area contributed by atoms with Crippen LogP contribution in [0.5, 0.6) is 0 Å². The lowest BCUT2D eigenvalue weighted by atomic mass is 10.0. The van der Waals surface area contributed by atoms with Gasteiger partial charge in [-0.15, -0.1) is 5.10 Å². The minimum atomic E-state index is -1.06. The molecule has 2 atom stereocenters. The zero-order valence-corrected chi connectivity index (χ0v) is 21.7. The van der Waals surface area contributed by atoms with Crippen LogP contribution in [0.1, 0.15) is 64.2 Å². The number of aryl methyl sites for hydroxylation is 1. The van der Waals surface area contributed by atoms with E-state index in [0.717, 1.165) is 12.1 Å². The minimum Gasteiger partial charge on any atom is -0.478 e. The van der Waals surface area contributed by atoms with E-state index in [0.29, 0.717) is 23.5 Å². The number of benzene rings is 2. The summed E-state index contributed by atoms with van der Waals surface area (Å²) in [5.41, 5.74) is 2.95. The Labute approximate surface area is 219 Å². The summed E-state index contributed by atoms with van der Waals surface area (Å²) in [5.74, 6) is -1.82. The van der Waals surface area contributed by atoms with Crippen LogP contribution in [0, 0.1) is 11.7 Å². The zero-order chi connectivity index (χ0) is 27.1. The maximum Gasteiger partial charge on any atom is 0.339 e. The second-order valence-corrected chi connectivity index (χ2v) is 10.2. The third-order valence-electron chi connectivity index (χ3n) is 6.80. The summed E-state index contributed by atoms with van der Waals surface area (Å²) in [6, 6.07) is 11.9. The van der Waals surface area contributed by atoms with E-state index in [-0.39, 0.29) is 40.4 Å². The van der Waals surface area contributed by atoms with E-state index in [2.05, 4.69) is 15.4 Å². The van der Waals surface area contributed by atoms with Gasteiger partial charge in [-0.2, -0.15) is 5.10 Å². The van der Waals surface area contributed by atoms with Crippen LogP contribution in [0.3, 0.4) is 0 Å². The average Bonchev–Trinajstić information content (AvgIpc) is 3.32. The van der Waals surface area contributed by atoms with Gasteiger partial charge in [0.1, 0.15) is 11.4 Å². The fraction of sp³-hybridized carbons (Fsp3) is 0.321. The van der Waals surface area contributed by atoms with Crippen LogP contribution in [0.25, 0.3) is 16.8 Å². The topological polar surface area (TPSA) is 106 Å². The molecular weight excluding hydrogens is 487 g/mol. The van der Waals surface area contributed by atoms with Crippen LogP contribution in [-0.2, 0) is 7.05 Å². The van der Waals surface area contributed by atoms with Crippen molar-refractivity contribution in [1.29, 1.82) is 0 Å². The van der Waals surface area contributed by atoms with Gasteiger partial charge in [-0.1, -0.05) is 43.3 Å². The third kappa shape index (κ3) is 4.69. The summed E-state index contributed by atoms with van der Waals surface area (Å²) in [6.45, 7) is 4.51. The highest BCUT2D eigenvalue weighted by atomic mass is 19.1. The Bertz CT molecular complexity index is 1520. The van der Waals surface area contributed by atoms with Crippen molar-refractivity contribution in [2.24, 2.45) is 13.0 Å². The first-order chi connectivity index (χ1) is 18.2. The van der Waals surface area contributed by atoms with Gasteiger partial charge in [-0.05, 0) is 36.1 Å². The number of nitrogens with zero attached hydrogens (tertiary/aromatic N) is 6. The number of carboxylic acid groups (broad SMARTS) is 1. The second-order valence-electron chi connectivity index (χ2n) is 10.2. The van der Waals surface area contributed by atoms with Crippen LogP contribution >= 0.6 is 0 Å². The number of carbonyl (C=O) groups is 2. The largest absolute Gasteiger partial charge is 0.478 e. The van der Waals surface area contributed by atoms with Crippen molar-refractivity contribution in [3.8, 4) is 16.8 Å². The third-order valence-corrected chi connectivity index (χ3v) is 6.80. The standard InChI is InChI=1S/C28H29FN6O3/c1-16(2)14-33(3)27(36)20-10-6-9-19(25(20)29)17-7-5-8-18(11-17)35-26(23(13-30-35)28(37)38)22-12-21(22)24-15-34(4)32-31-24/h5-11,13,15-16,21-22H,12,14H2,1-4H3,(H,37,38)/t21-,22-/m1/s1. The molecule has 1 saturated carbocycles. The molecule has 38 heavy (non-hydrogen) atoms. The highest BCUT2D eigenvalue weighted by molar-refractivity contribution is 5.96. The van der Waals surface area contributed by atoms with Crippen molar-refractivity contribution in [2.45, 2.75) is 32.1 Å². The molecule has 1 N–H and O–H groups in total. The fourth-order valence-corrected chi connectivity index (χ4v) is 5.01. The van der Waals surface area contributed by atoms with E-state index in [4.69, 9.17) is 0 Å². The number of halogens is 1. The molecule has 10 heteroatoms. The van der Waals surface area contributed by atoms with E-state index < -0.39 is 11.8 Å². The lowest BCUT2D eigenvalue weighted by molar-refractivity contribution is 0.0694. The van der Waals surface area contributed by atoms with E-state index in [9.17, 15) is 14.7 Å². The van der Waals surface area contributed by atoms with Crippen LogP contribution < -0.4 is 0 Å². The van der Waals surface area contributed by atoms with Crippen molar-refractivity contribution in [3.05, 3.63) is 83.2 Å². The Kier molecular flexibility index (Phi) is 6.56. The molecule has 9 nitrogen and oxygen atoms in total. The molecule has 196 valence electrons. The molecule has 1 aliphatic carbocycles. The molecule has 2 aromatic heterocycles. The molecular formula is C28H29FN6O3. The zero-order valence-electron chi connectivity index (χ0n) is 21.7. The van der Waals surface area contributed by atoms with Gasteiger partial charge in [0.05, 0.1) is 28.8 Å². The first-order valence-electron chi connectivity index (χ1n) is 12.5. The number of carbonyl (C=O) groups excluding carboxylic acids is 1. The van der Waals surface area contributed by atoms with Crippen molar-refractivity contribution in [2.75, 3.05) is 13.6 Å². The highest BCUT2D eigenvalue weighted by Gasteiger charge is 2.46. The Morgan fingerprint density at radius 1 is 1.16 bits per heavy atom. The van der Waals surface area contributed by atoms with Crippen LogP contribution in [0.4, 0.5) is 4.39 Å². The number of rotatable bonds is 8. The molecule has 2 heterocycles. The van der Waals surface area contributed by atoms with Gasteiger partial charge in [0.25, 0.3) is 5.91 Å². The van der Waals surface area contributed by atoms with Crippen molar-refractivity contribution in [3.63, 3.8) is 0 Å². The number of carboxylic acids is 1. The first kappa shape index (κ1) is 25.3. The maximum absolute atomic E-state index is 15.6. The predicted octanol–water partition coefficient (Wildman–Crippen LogP) is 4.50. The summed E-state index contributed by atoms with van der Waals surface area (Å²) in [4.78, 5) is 26.5. The second kappa shape index (κ2) is 9.85. The van der Waals surface area contributed by atoms with Crippen LogP contribution in [-0.4, -0.2) is 60.2 Å². The Morgan fingerprint density at radius 3 is 2.61 bits per heavy atom. The van der Waals surface area contributed by atoms with Gasteiger partial charge in [-0.25, -0.2) is 13.9 Å². The molecule has 0 saturated heterocycles. The van der Waals surface area contributed by atoms with Gasteiger partial charge in [0.2, 0.25) is 0 Å². The molecule has 2 aromatic carbocycles. The molecule has 1 amide bonds. The van der Waals surface area contributed by atoms with Gasteiger partial charge in [0.15, 0.2) is 0 Å². The molecule has 1 fully saturated rings.